The number of halogens is 3. The lowest BCUT2D eigenvalue weighted by atomic mass is 9.79. The lowest BCUT2D eigenvalue weighted by Crippen LogP contribution is -2.41. The van der Waals surface area contributed by atoms with Crippen molar-refractivity contribution in [2.45, 2.75) is 46.4 Å². The number of nitrogens with two attached hydrogens (primary N) is 1. The molecule has 0 atom stereocenters. The largest absolute Gasteiger partial charge is 0.416 e. The lowest BCUT2D eigenvalue weighted by Gasteiger charge is -2.38. The van der Waals surface area contributed by atoms with Gasteiger partial charge in [0.1, 0.15) is 0 Å². The lowest BCUT2D eigenvalue weighted by molar-refractivity contribution is -0.137. The summed E-state index contributed by atoms with van der Waals surface area (Å²) in [6, 6.07) is 3.09. The minimum absolute atomic E-state index is 0.108. The summed E-state index contributed by atoms with van der Waals surface area (Å²) in [4.78, 5) is 5.53. The standard InChI is InChI=1S/C14H21F3N2O/c1-12(2,3)13(4,5)20-19-11-8-9(14(15,16)17)6-7-10(11)18/h6-8,19H,18H2,1-5H3. The van der Waals surface area contributed by atoms with E-state index in [0.717, 1.165) is 12.1 Å². The van der Waals surface area contributed by atoms with Crippen molar-refractivity contribution in [2.24, 2.45) is 5.41 Å². The Morgan fingerprint density at radius 2 is 1.60 bits per heavy atom. The molecule has 3 N–H and O–H groups in total. The summed E-state index contributed by atoms with van der Waals surface area (Å²) in [6.07, 6.45) is -4.41. The van der Waals surface area contributed by atoms with E-state index in [-0.39, 0.29) is 16.8 Å². The van der Waals surface area contributed by atoms with Crippen molar-refractivity contribution in [1.29, 1.82) is 0 Å². The zero-order valence-electron chi connectivity index (χ0n) is 12.4. The number of rotatable bonds is 3. The molecule has 6 heteroatoms. The first kappa shape index (κ1) is 16.6. The third kappa shape index (κ3) is 3.79. The normalized spacial score (nSPS) is 13.4. The van der Waals surface area contributed by atoms with Gasteiger partial charge >= 0.3 is 6.18 Å². The smallest absolute Gasteiger partial charge is 0.397 e. The number of hydrogen-bond donors (Lipinski definition) is 2. The van der Waals surface area contributed by atoms with E-state index in [1.807, 2.05) is 34.6 Å². The zero-order valence-corrected chi connectivity index (χ0v) is 12.4. The first-order chi connectivity index (χ1) is 8.84. The molecule has 0 radical (unpaired) electrons. The molecule has 0 spiro atoms. The minimum Gasteiger partial charge on any atom is -0.397 e. The Bertz CT molecular complexity index is 476. The van der Waals surface area contributed by atoms with Gasteiger partial charge in [-0.25, -0.2) is 0 Å². The predicted octanol–water partition coefficient (Wildman–Crippen LogP) is 4.46. The number of alkyl halides is 3. The predicted molar refractivity (Wildman–Crippen MR) is 74.1 cm³/mol. The summed E-state index contributed by atoms with van der Waals surface area (Å²) in [6.45, 7) is 9.63. The van der Waals surface area contributed by atoms with Gasteiger partial charge in [-0.05, 0) is 37.5 Å². The van der Waals surface area contributed by atoms with Crippen molar-refractivity contribution in [3.05, 3.63) is 23.8 Å². The number of nitrogens with one attached hydrogen (secondary N) is 1. The van der Waals surface area contributed by atoms with Gasteiger partial charge in [0.2, 0.25) is 0 Å². The van der Waals surface area contributed by atoms with Crippen LogP contribution in [-0.2, 0) is 11.0 Å². The molecule has 0 saturated heterocycles. The number of benzene rings is 1. The number of hydrogen-bond acceptors (Lipinski definition) is 3. The van der Waals surface area contributed by atoms with Crippen LogP contribution in [0.5, 0.6) is 0 Å². The van der Waals surface area contributed by atoms with E-state index >= 15 is 0 Å². The fraction of sp³-hybridized carbons (Fsp3) is 0.571. The summed E-state index contributed by atoms with van der Waals surface area (Å²) in [5.41, 5.74) is 6.95. The minimum atomic E-state index is -4.41. The van der Waals surface area contributed by atoms with Gasteiger partial charge in [-0.2, -0.15) is 13.2 Å². The molecule has 0 aliphatic heterocycles. The fourth-order valence-corrected chi connectivity index (χ4v) is 1.16. The second kappa shape index (κ2) is 5.16. The molecule has 0 aromatic heterocycles. The van der Waals surface area contributed by atoms with Crippen LogP contribution >= 0.6 is 0 Å². The third-order valence-corrected chi connectivity index (χ3v) is 3.60. The Balaban J connectivity index is 2.94. The second-order valence-electron chi connectivity index (χ2n) is 6.26. The summed E-state index contributed by atoms with van der Waals surface area (Å²) >= 11 is 0. The van der Waals surface area contributed by atoms with Crippen molar-refractivity contribution in [3.63, 3.8) is 0 Å². The average Bonchev–Trinajstić information content (AvgIpc) is 2.24. The molecular weight excluding hydrogens is 269 g/mol. The van der Waals surface area contributed by atoms with E-state index < -0.39 is 17.3 Å². The van der Waals surface area contributed by atoms with Gasteiger partial charge in [-0.3, -0.25) is 10.3 Å². The highest BCUT2D eigenvalue weighted by atomic mass is 19.4. The molecule has 1 aromatic carbocycles. The molecule has 0 bridgehead atoms. The van der Waals surface area contributed by atoms with Gasteiger partial charge in [-0.15, -0.1) is 0 Å². The van der Waals surface area contributed by atoms with Crippen LogP contribution < -0.4 is 11.2 Å². The third-order valence-electron chi connectivity index (χ3n) is 3.60. The molecule has 0 aliphatic carbocycles. The van der Waals surface area contributed by atoms with Crippen LogP contribution in [0.2, 0.25) is 0 Å². The van der Waals surface area contributed by atoms with Crippen LogP contribution in [0.1, 0.15) is 40.2 Å². The molecule has 0 unspecified atom stereocenters. The van der Waals surface area contributed by atoms with Gasteiger partial charge in [0.05, 0.1) is 22.5 Å². The van der Waals surface area contributed by atoms with Crippen LogP contribution in [-0.4, -0.2) is 5.60 Å². The molecule has 1 aromatic rings. The Morgan fingerprint density at radius 3 is 2.05 bits per heavy atom. The summed E-state index contributed by atoms with van der Waals surface area (Å²) in [5.74, 6) is 0. The van der Waals surface area contributed by atoms with Crippen molar-refractivity contribution in [2.75, 3.05) is 11.2 Å². The van der Waals surface area contributed by atoms with Gasteiger partial charge in [0, 0.05) is 0 Å². The number of anilines is 2. The highest BCUT2D eigenvalue weighted by Gasteiger charge is 2.35. The van der Waals surface area contributed by atoms with Crippen LogP contribution in [0.4, 0.5) is 24.5 Å². The van der Waals surface area contributed by atoms with Crippen LogP contribution in [0.25, 0.3) is 0 Å². The topological polar surface area (TPSA) is 47.3 Å². The van der Waals surface area contributed by atoms with Gasteiger partial charge in [-0.1, -0.05) is 20.8 Å². The summed E-state index contributed by atoms with van der Waals surface area (Å²) in [5, 5.41) is 0. The maximum Gasteiger partial charge on any atom is 0.416 e. The molecule has 0 amide bonds. The summed E-state index contributed by atoms with van der Waals surface area (Å²) < 4.78 is 38.0. The van der Waals surface area contributed by atoms with E-state index in [9.17, 15) is 13.2 Å². The molecule has 0 aliphatic rings. The first-order valence-corrected chi connectivity index (χ1v) is 6.25. The zero-order chi connectivity index (χ0) is 15.8. The molecule has 0 saturated carbocycles. The van der Waals surface area contributed by atoms with E-state index in [0.29, 0.717) is 0 Å². The molecule has 1 rings (SSSR count). The Labute approximate surface area is 117 Å². The Hall–Kier alpha value is -1.43. The highest BCUT2D eigenvalue weighted by molar-refractivity contribution is 5.66. The van der Waals surface area contributed by atoms with E-state index in [4.69, 9.17) is 10.6 Å². The molecular formula is C14H21F3N2O. The van der Waals surface area contributed by atoms with Crippen molar-refractivity contribution >= 4 is 11.4 Å². The van der Waals surface area contributed by atoms with Gasteiger partial charge < -0.3 is 5.73 Å². The molecule has 3 nitrogen and oxygen atoms in total. The number of nitrogen functional groups attached to an aromatic ring is 1. The van der Waals surface area contributed by atoms with Crippen LogP contribution in [0.3, 0.4) is 0 Å². The van der Waals surface area contributed by atoms with Crippen molar-refractivity contribution < 1.29 is 18.0 Å². The van der Waals surface area contributed by atoms with Crippen LogP contribution in [0.15, 0.2) is 18.2 Å². The maximum absolute atomic E-state index is 12.7. The maximum atomic E-state index is 12.7. The second-order valence-corrected chi connectivity index (χ2v) is 6.26. The fourth-order valence-electron chi connectivity index (χ4n) is 1.16. The highest BCUT2D eigenvalue weighted by Crippen LogP contribution is 2.36. The molecule has 0 fully saturated rings. The quantitative estimate of drug-likeness (QED) is 0.638. The van der Waals surface area contributed by atoms with E-state index in [2.05, 4.69) is 5.48 Å². The van der Waals surface area contributed by atoms with Gasteiger partial charge in [0.15, 0.2) is 0 Å². The van der Waals surface area contributed by atoms with Crippen LogP contribution in [0, 0.1) is 5.41 Å². The summed E-state index contributed by atoms with van der Waals surface area (Å²) in [7, 11) is 0. The molecule has 20 heavy (non-hydrogen) atoms. The molecule has 114 valence electrons. The van der Waals surface area contributed by atoms with E-state index in [1.54, 1.807) is 0 Å². The SMILES string of the molecule is CC(C)(C)C(C)(C)ONc1cc(C(F)(F)F)ccc1N. The average molecular weight is 290 g/mol. The Kier molecular flexibility index (Phi) is 4.29. The van der Waals surface area contributed by atoms with Crippen molar-refractivity contribution in [1.82, 2.24) is 0 Å². The first-order valence-electron chi connectivity index (χ1n) is 6.25. The van der Waals surface area contributed by atoms with Crippen molar-refractivity contribution in [3.8, 4) is 0 Å². The monoisotopic (exact) mass is 290 g/mol. The van der Waals surface area contributed by atoms with E-state index in [1.165, 1.54) is 6.07 Å². The Morgan fingerprint density at radius 1 is 1.05 bits per heavy atom. The van der Waals surface area contributed by atoms with Gasteiger partial charge in [0.25, 0.3) is 0 Å². The molecule has 0 heterocycles.